The van der Waals surface area contributed by atoms with Crippen LogP contribution < -0.4 is 5.32 Å². The summed E-state index contributed by atoms with van der Waals surface area (Å²) in [6.07, 6.45) is 4.21. The zero-order valence-electron chi connectivity index (χ0n) is 9.33. The van der Waals surface area contributed by atoms with Gasteiger partial charge in [-0.1, -0.05) is 11.6 Å². The number of rotatable bonds is 2. The van der Waals surface area contributed by atoms with Crippen molar-refractivity contribution in [2.75, 3.05) is 13.1 Å². The molecule has 1 N–H and O–H groups in total. The molecule has 2 rings (SSSR count). The van der Waals surface area contributed by atoms with Crippen LogP contribution in [0.25, 0.3) is 0 Å². The normalized spacial score (nSPS) is 22.3. The molecule has 3 nitrogen and oxygen atoms in total. The lowest BCUT2D eigenvalue weighted by Crippen LogP contribution is -2.30. The number of aromatic nitrogens is 2. The van der Waals surface area contributed by atoms with Crippen LogP contribution in [0, 0.1) is 0 Å². The van der Waals surface area contributed by atoms with E-state index in [9.17, 15) is 0 Å². The Kier molecular flexibility index (Phi) is 3.32. The van der Waals surface area contributed by atoms with Gasteiger partial charge in [0.1, 0.15) is 0 Å². The van der Waals surface area contributed by atoms with Crippen LogP contribution in [0.1, 0.15) is 44.3 Å². The topological polar surface area (TPSA) is 29.9 Å². The maximum Gasteiger partial charge on any atom is 0.0821 e. The Balaban J connectivity index is 2.28. The molecule has 2 heterocycles. The summed E-state index contributed by atoms with van der Waals surface area (Å²) in [6.45, 7) is 6.44. The molecule has 0 spiro atoms. The summed E-state index contributed by atoms with van der Waals surface area (Å²) in [5.74, 6) is 0.524. The Labute approximate surface area is 95.8 Å². The average Bonchev–Trinajstić information content (AvgIpc) is 2.61. The summed E-state index contributed by atoms with van der Waals surface area (Å²) in [5.41, 5.74) is 1.21. The summed E-state index contributed by atoms with van der Waals surface area (Å²) in [6, 6.07) is 0.384. The zero-order chi connectivity index (χ0) is 10.8. The van der Waals surface area contributed by atoms with E-state index in [-0.39, 0.29) is 0 Å². The van der Waals surface area contributed by atoms with Crippen molar-refractivity contribution in [2.24, 2.45) is 0 Å². The predicted octanol–water partition coefficient (Wildman–Crippen LogP) is 2.58. The van der Waals surface area contributed by atoms with Crippen LogP contribution >= 0.6 is 11.6 Å². The third kappa shape index (κ3) is 2.18. The van der Waals surface area contributed by atoms with Crippen LogP contribution in [0.4, 0.5) is 0 Å². The third-order valence-electron chi connectivity index (χ3n) is 2.96. The van der Waals surface area contributed by atoms with Gasteiger partial charge in [-0.25, -0.2) is 0 Å². The van der Waals surface area contributed by atoms with Gasteiger partial charge >= 0.3 is 0 Å². The second-order valence-electron chi connectivity index (χ2n) is 4.46. The molecule has 0 aromatic carbocycles. The molecule has 0 amide bonds. The second-order valence-corrected chi connectivity index (χ2v) is 4.87. The summed E-state index contributed by atoms with van der Waals surface area (Å²) in [7, 11) is 0. The molecule has 4 heteroatoms. The van der Waals surface area contributed by atoms with Gasteiger partial charge in [0.2, 0.25) is 0 Å². The van der Waals surface area contributed by atoms with Crippen LogP contribution in [0.15, 0.2) is 6.20 Å². The smallest absolute Gasteiger partial charge is 0.0821 e. The van der Waals surface area contributed by atoms with Crippen LogP contribution in [-0.2, 0) is 0 Å². The highest BCUT2D eigenvalue weighted by molar-refractivity contribution is 6.31. The molecule has 0 radical (unpaired) electrons. The molecule has 1 aliphatic heterocycles. The quantitative estimate of drug-likeness (QED) is 0.842. The fourth-order valence-corrected chi connectivity index (χ4v) is 2.51. The molecule has 1 aromatic heterocycles. The number of piperidine rings is 1. The molecule has 15 heavy (non-hydrogen) atoms. The molecule has 0 aliphatic carbocycles. The van der Waals surface area contributed by atoms with Crippen LogP contribution in [0.5, 0.6) is 0 Å². The minimum absolute atomic E-state index is 0.384. The minimum Gasteiger partial charge on any atom is -0.316 e. The number of halogens is 1. The van der Waals surface area contributed by atoms with E-state index in [2.05, 4.69) is 28.9 Å². The van der Waals surface area contributed by atoms with Crippen molar-refractivity contribution in [1.82, 2.24) is 15.1 Å². The van der Waals surface area contributed by atoms with E-state index >= 15 is 0 Å². The molecule has 1 atom stereocenters. The Bertz CT molecular complexity index is 327. The Morgan fingerprint density at radius 2 is 2.40 bits per heavy atom. The predicted molar refractivity (Wildman–Crippen MR) is 62.5 cm³/mol. The van der Waals surface area contributed by atoms with E-state index in [1.807, 2.05) is 0 Å². The maximum atomic E-state index is 6.21. The van der Waals surface area contributed by atoms with E-state index < -0.39 is 0 Å². The van der Waals surface area contributed by atoms with Crippen molar-refractivity contribution in [2.45, 2.75) is 38.6 Å². The van der Waals surface area contributed by atoms with E-state index in [1.165, 1.54) is 18.5 Å². The summed E-state index contributed by atoms with van der Waals surface area (Å²) in [4.78, 5) is 0. The van der Waals surface area contributed by atoms with Gasteiger partial charge < -0.3 is 5.32 Å². The Morgan fingerprint density at radius 1 is 1.60 bits per heavy atom. The number of nitrogens with one attached hydrogen (secondary N) is 1. The molecular weight excluding hydrogens is 210 g/mol. The van der Waals surface area contributed by atoms with E-state index in [0.29, 0.717) is 12.0 Å². The van der Waals surface area contributed by atoms with Gasteiger partial charge in [0.15, 0.2) is 0 Å². The van der Waals surface area contributed by atoms with Crippen molar-refractivity contribution in [3.8, 4) is 0 Å². The number of hydrogen-bond acceptors (Lipinski definition) is 2. The van der Waals surface area contributed by atoms with Crippen LogP contribution in [0.3, 0.4) is 0 Å². The lowest BCUT2D eigenvalue weighted by atomic mass is 9.96. The Hall–Kier alpha value is -0.540. The van der Waals surface area contributed by atoms with Gasteiger partial charge in [-0.15, -0.1) is 0 Å². The van der Waals surface area contributed by atoms with Crippen molar-refractivity contribution in [3.05, 3.63) is 16.9 Å². The van der Waals surface area contributed by atoms with Crippen molar-refractivity contribution in [1.29, 1.82) is 0 Å². The van der Waals surface area contributed by atoms with Gasteiger partial charge in [0.05, 0.1) is 16.9 Å². The highest BCUT2D eigenvalue weighted by Crippen LogP contribution is 2.30. The molecule has 1 aromatic rings. The fourth-order valence-electron chi connectivity index (χ4n) is 2.23. The van der Waals surface area contributed by atoms with Gasteiger partial charge in [0.25, 0.3) is 0 Å². The molecule has 84 valence electrons. The maximum absolute atomic E-state index is 6.21. The molecule has 1 saturated heterocycles. The van der Waals surface area contributed by atoms with Gasteiger partial charge in [-0.3, -0.25) is 4.68 Å². The van der Waals surface area contributed by atoms with Crippen LogP contribution in [0.2, 0.25) is 5.02 Å². The third-order valence-corrected chi connectivity index (χ3v) is 3.25. The highest BCUT2D eigenvalue weighted by atomic mass is 35.5. The minimum atomic E-state index is 0.384. The van der Waals surface area contributed by atoms with Gasteiger partial charge in [-0.05, 0) is 33.2 Å². The van der Waals surface area contributed by atoms with E-state index in [4.69, 9.17) is 11.6 Å². The molecule has 1 fully saturated rings. The highest BCUT2D eigenvalue weighted by Gasteiger charge is 2.23. The number of nitrogens with zero attached hydrogens (tertiary/aromatic N) is 2. The van der Waals surface area contributed by atoms with E-state index in [1.54, 1.807) is 6.20 Å². The van der Waals surface area contributed by atoms with Gasteiger partial charge in [-0.2, -0.15) is 5.10 Å². The van der Waals surface area contributed by atoms with Crippen molar-refractivity contribution in [3.63, 3.8) is 0 Å². The molecule has 0 saturated carbocycles. The lowest BCUT2D eigenvalue weighted by molar-refractivity contribution is 0.415. The SMILES string of the molecule is CC(C)n1ncc(Cl)c1C1CCCNC1. The first-order chi connectivity index (χ1) is 7.20. The Morgan fingerprint density at radius 3 is 3.00 bits per heavy atom. The second kappa shape index (κ2) is 4.54. The van der Waals surface area contributed by atoms with Crippen LogP contribution in [-0.4, -0.2) is 22.9 Å². The lowest BCUT2D eigenvalue weighted by Gasteiger charge is -2.25. The number of hydrogen-bond donors (Lipinski definition) is 1. The zero-order valence-corrected chi connectivity index (χ0v) is 10.1. The monoisotopic (exact) mass is 227 g/mol. The summed E-state index contributed by atoms with van der Waals surface area (Å²) >= 11 is 6.21. The van der Waals surface area contributed by atoms with Crippen molar-refractivity contribution < 1.29 is 0 Å². The summed E-state index contributed by atoms with van der Waals surface area (Å²) in [5, 5.41) is 8.58. The first-order valence-electron chi connectivity index (χ1n) is 5.63. The van der Waals surface area contributed by atoms with Gasteiger partial charge in [0, 0.05) is 18.5 Å². The first-order valence-corrected chi connectivity index (χ1v) is 6.01. The standard InChI is InChI=1S/C11H18ClN3/c1-8(2)15-11(10(12)7-14-15)9-4-3-5-13-6-9/h7-9,13H,3-6H2,1-2H3. The molecular formula is C11H18ClN3. The average molecular weight is 228 g/mol. The molecule has 1 aliphatic rings. The summed E-state index contributed by atoms with van der Waals surface area (Å²) < 4.78 is 2.06. The first kappa shape index (κ1) is 11.0. The van der Waals surface area contributed by atoms with Crippen molar-refractivity contribution >= 4 is 11.6 Å². The fraction of sp³-hybridized carbons (Fsp3) is 0.727. The molecule has 1 unspecified atom stereocenters. The molecule has 0 bridgehead atoms. The van der Waals surface area contributed by atoms with E-state index in [0.717, 1.165) is 18.1 Å². The largest absolute Gasteiger partial charge is 0.316 e.